The normalized spacial score (nSPS) is 16.6. The van der Waals surface area contributed by atoms with Crippen LogP contribution >= 0.6 is 0 Å². The summed E-state index contributed by atoms with van der Waals surface area (Å²) in [6, 6.07) is 20.5. The van der Waals surface area contributed by atoms with Gasteiger partial charge in [0.25, 0.3) is 5.91 Å². The van der Waals surface area contributed by atoms with Crippen molar-refractivity contribution in [3.05, 3.63) is 83.6 Å². The van der Waals surface area contributed by atoms with E-state index in [0.29, 0.717) is 16.7 Å². The number of hydrazine groups is 1. The third kappa shape index (κ3) is 5.57. The van der Waals surface area contributed by atoms with Crippen molar-refractivity contribution in [2.45, 2.75) is 38.4 Å². The Kier molecular flexibility index (Phi) is 7.38. The van der Waals surface area contributed by atoms with Crippen molar-refractivity contribution >= 4 is 34.1 Å². The highest BCUT2D eigenvalue weighted by atomic mass is 19.4. The number of alkyl halides is 3. The molecule has 218 valence electrons. The van der Waals surface area contributed by atoms with Crippen molar-refractivity contribution in [3.8, 4) is 11.1 Å². The second kappa shape index (κ2) is 11.1. The molecule has 1 fully saturated rings. The number of carbonyl (C=O) groups excluding carboxylic acids is 1. The van der Waals surface area contributed by atoms with Gasteiger partial charge < -0.3 is 15.2 Å². The third-order valence-corrected chi connectivity index (χ3v) is 7.93. The molecule has 0 spiro atoms. The first-order valence-electron chi connectivity index (χ1n) is 13.9. The summed E-state index contributed by atoms with van der Waals surface area (Å²) < 4.78 is 45.8. The Labute approximate surface area is 240 Å². The maximum absolute atomic E-state index is 13.8. The number of nitrogen functional groups attached to an aromatic ring is 1. The maximum atomic E-state index is 13.8. The van der Waals surface area contributed by atoms with E-state index in [1.165, 1.54) is 23.3 Å². The van der Waals surface area contributed by atoms with Gasteiger partial charge in [0.15, 0.2) is 11.4 Å². The van der Waals surface area contributed by atoms with E-state index < -0.39 is 18.5 Å². The molecule has 4 aromatic rings. The summed E-state index contributed by atoms with van der Waals surface area (Å²) in [5.41, 5.74) is 10.2. The molecule has 0 saturated carbocycles. The number of halogens is 3. The lowest BCUT2D eigenvalue weighted by Crippen LogP contribution is -2.46. The maximum Gasteiger partial charge on any atom is 0.392 e. The average Bonchev–Trinajstić information content (AvgIpc) is 3.62. The van der Waals surface area contributed by atoms with Gasteiger partial charge in [0.1, 0.15) is 5.70 Å². The van der Waals surface area contributed by atoms with E-state index in [4.69, 9.17) is 16.1 Å². The first-order chi connectivity index (χ1) is 20.2. The number of hydrogen-bond acceptors (Lipinski definition) is 7. The number of benzene rings is 3. The van der Waals surface area contributed by atoms with Crippen LogP contribution in [0.25, 0.3) is 22.1 Å². The number of nitrogens with two attached hydrogens (primary N) is 2. The molecule has 6 rings (SSSR count). The number of anilines is 3. The molecule has 1 saturated heterocycles. The number of carbonyl (C=O) groups is 1. The molecule has 0 radical (unpaired) electrons. The lowest BCUT2D eigenvalue weighted by Gasteiger charge is -2.35. The number of rotatable bonds is 7. The summed E-state index contributed by atoms with van der Waals surface area (Å²) in [5, 5.41) is 5.15. The van der Waals surface area contributed by atoms with Gasteiger partial charge >= 0.3 is 6.18 Å². The molecule has 4 N–H and O–H groups in total. The number of amides is 1. The average molecular weight is 577 g/mol. The van der Waals surface area contributed by atoms with Crippen LogP contribution in [0, 0.1) is 0 Å². The molecule has 2 aliphatic rings. The molecule has 42 heavy (non-hydrogen) atoms. The van der Waals surface area contributed by atoms with E-state index in [1.54, 1.807) is 18.2 Å². The van der Waals surface area contributed by atoms with Crippen LogP contribution in [0.3, 0.4) is 0 Å². The highest BCUT2D eigenvalue weighted by Gasteiger charge is 2.37. The third-order valence-electron chi connectivity index (χ3n) is 7.93. The molecule has 8 nitrogen and oxygen atoms in total. The Morgan fingerprint density at radius 2 is 1.71 bits per heavy atom. The number of nitrogens with zero attached hydrogens (tertiary/aromatic N) is 4. The van der Waals surface area contributed by atoms with Crippen molar-refractivity contribution in [3.63, 3.8) is 0 Å². The number of fused-ring (bicyclic) bond motifs is 1. The molecule has 1 amide bonds. The monoisotopic (exact) mass is 576 g/mol. The fourth-order valence-corrected chi connectivity index (χ4v) is 5.85. The summed E-state index contributed by atoms with van der Waals surface area (Å²) in [4.78, 5) is 17.8. The Balaban J connectivity index is 1.30. The van der Waals surface area contributed by atoms with Crippen LogP contribution in [0.1, 0.15) is 31.2 Å². The van der Waals surface area contributed by atoms with E-state index in [9.17, 15) is 18.0 Å². The smallest absolute Gasteiger partial charge is 0.380 e. The molecular weight excluding hydrogens is 545 g/mol. The van der Waals surface area contributed by atoms with Gasteiger partial charge in [-0.1, -0.05) is 41.6 Å². The zero-order valence-electron chi connectivity index (χ0n) is 22.9. The fraction of sp³-hybridized carbons (Fsp3) is 0.290. The Morgan fingerprint density at radius 1 is 0.976 bits per heavy atom. The lowest BCUT2D eigenvalue weighted by molar-refractivity contribution is -0.128. The molecule has 0 bridgehead atoms. The molecule has 1 aromatic heterocycles. The molecule has 0 aliphatic carbocycles. The van der Waals surface area contributed by atoms with Crippen LogP contribution in [0.4, 0.5) is 30.4 Å². The Hall–Kier alpha value is -4.35. The minimum atomic E-state index is -4.50. The van der Waals surface area contributed by atoms with Crippen molar-refractivity contribution in [2.24, 2.45) is 5.84 Å². The number of aromatic nitrogens is 1. The Bertz CT molecular complexity index is 1640. The molecule has 3 heterocycles. The molecule has 2 aliphatic heterocycles. The van der Waals surface area contributed by atoms with E-state index in [-0.39, 0.29) is 35.7 Å². The molecule has 3 aromatic carbocycles. The van der Waals surface area contributed by atoms with Gasteiger partial charge in [0, 0.05) is 18.8 Å². The van der Waals surface area contributed by atoms with Gasteiger partial charge in [-0.3, -0.25) is 14.7 Å². The van der Waals surface area contributed by atoms with Crippen LogP contribution in [0.5, 0.6) is 0 Å². The lowest BCUT2D eigenvalue weighted by atomic mass is 9.97. The second-order valence-corrected chi connectivity index (χ2v) is 10.8. The number of likely N-dealkylation sites (tertiary alicyclic amines) is 1. The molecule has 0 unspecified atom stereocenters. The molecular formula is C31H31F3N6O2. The molecule has 0 atom stereocenters. The predicted molar refractivity (Wildman–Crippen MR) is 156 cm³/mol. The van der Waals surface area contributed by atoms with Gasteiger partial charge in [-0.15, -0.1) is 0 Å². The van der Waals surface area contributed by atoms with Gasteiger partial charge in [-0.25, -0.2) is 5.84 Å². The minimum Gasteiger partial charge on any atom is -0.380 e. The van der Waals surface area contributed by atoms with E-state index in [2.05, 4.69) is 22.2 Å². The fourth-order valence-electron chi connectivity index (χ4n) is 5.85. The van der Waals surface area contributed by atoms with Gasteiger partial charge in [-0.05, 0) is 84.9 Å². The van der Waals surface area contributed by atoms with Crippen molar-refractivity contribution in [2.75, 3.05) is 35.3 Å². The quantitative estimate of drug-likeness (QED) is 0.206. The predicted octanol–water partition coefficient (Wildman–Crippen LogP) is 6.00. The molecule has 11 heteroatoms. The first-order valence-corrected chi connectivity index (χ1v) is 13.9. The summed E-state index contributed by atoms with van der Waals surface area (Å²) in [6.07, 6.45) is -3.29. The summed E-state index contributed by atoms with van der Waals surface area (Å²) in [5.74, 6) is 5.87. The van der Waals surface area contributed by atoms with Crippen LogP contribution in [0.2, 0.25) is 0 Å². The zero-order valence-corrected chi connectivity index (χ0v) is 22.9. The van der Waals surface area contributed by atoms with Crippen LogP contribution < -0.4 is 21.5 Å². The van der Waals surface area contributed by atoms with E-state index in [0.717, 1.165) is 35.8 Å². The standard InChI is InChI=1S/C31H31F3N6O2/c32-31(33,34)18-21-13-16-39(30(41)28(21)40(36)24-11-12-27-26(17-24)29(35)37-42-27)23-9-7-20(8-10-23)25-6-2-1-5-22(25)19-38-14-3-4-15-38/h1-2,5-12,17H,3-4,13-16,18-19,36H2,(H2,35,37). The van der Waals surface area contributed by atoms with Gasteiger partial charge in [0.2, 0.25) is 0 Å². The largest absolute Gasteiger partial charge is 0.392 e. The first kappa shape index (κ1) is 27.8. The van der Waals surface area contributed by atoms with Crippen molar-refractivity contribution in [1.82, 2.24) is 10.1 Å². The summed E-state index contributed by atoms with van der Waals surface area (Å²) >= 11 is 0. The van der Waals surface area contributed by atoms with Gasteiger partial charge in [-0.2, -0.15) is 13.2 Å². The van der Waals surface area contributed by atoms with Crippen molar-refractivity contribution in [1.29, 1.82) is 0 Å². The van der Waals surface area contributed by atoms with Crippen molar-refractivity contribution < 1.29 is 22.5 Å². The summed E-state index contributed by atoms with van der Waals surface area (Å²) in [6.45, 7) is 3.16. The van der Waals surface area contributed by atoms with E-state index in [1.807, 2.05) is 36.4 Å². The van der Waals surface area contributed by atoms with Crippen LogP contribution in [0.15, 0.2) is 82.5 Å². The minimum absolute atomic E-state index is 0.0202. The Morgan fingerprint density at radius 3 is 2.45 bits per heavy atom. The zero-order chi connectivity index (χ0) is 29.4. The highest BCUT2D eigenvalue weighted by molar-refractivity contribution is 6.09. The van der Waals surface area contributed by atoms with Gasteiger partial charge in [0.05, 0.1) is 17.5 Å². The highest BCUT2D eigenvalue weighted by Crippen LogP contribution is 2.37. The summed E-state index contributed by atoms with van der Waals surface area (Å²) in [7, 11) is 0. The second-order valence-electron chi connectivity index (χ2n) is 10.8. The van der Waals surface area contributed by atoms with Crippen LogP contribution in [-0.4, -0.2) is 41.8 Å². The van der Waals surface area contributed by atoms with Crippen LogP contribution in [-0.2, 0) is 11.3 Å². The number of hydrogen-bond donors (Lipinski definition) is 2. The topological polar surface area (TPSA) is 105 Å². The van der Waals surface area contributed by atoms with E-state index >= 15 is 0 Å². The SMILES string of the molecule is Nc1noc2ccc(N(N)C3=C(CC(F)(F)F)CCN(c4ccc(-c5ccccc5CN5CCCC5)cc4)C3=O)cc12.